The molecule has 0 N–H and O–H groups in total. The van der Waals surface area contributed by atoms with E-state index in [2.05, 4.69) is 0 Å². The Morgan fingerprint density at radius 1 is 1.56 bits per heavy atom. The molecule has 0 aromatic heterocycles. The van der Waals surface area contributed by atoms with E-state index in [9.17, 15) is 4.79 Å². The summed E-state index contributed by atoms with van der Waals surface area (Å²) in [7, 11) is 0. The van der Waals surface area contributed by atoms with Crippen LogP contribution in [0.2, 0.25) is 0 Å². The van der Waals surface area contributed by atoms with Gasteiger partial charge >= 0.3 is 5.97 Å². The van der Waals surface area contributed by atoms with Crippen molar-refractivity contribution in [3.63, 3.8) is 0 Å². The molecule has 0 heterocycles. The monoisotopic (exact) mass is 331 g/mol. The number of nitrogens with zero attached hydrogens (tertiary/aromatic N) is 1. The number of halogens is 1. The molecule has 0 amide bonds. The summed E-state index contributed by atoms with van der Waals surface area (Å²) >= 11 is 2.05. The fourth-order valence-electron chi connectivity index (χ4n) is 1.03. The molecule has 0 saturated heterocycles. The normalized spacial score (nSPS) is 9.31. The summed E-state index contributed by atoms with van der Waals surface area (Å²) in [5.41, 5.74) is 0.563. The standard InChI is InChI=1S/C11H10INO3/c1-2-15-11(14)7-16-10-4-3-8(6-13)5-9(10)12/h3-5H,2,7H2,1H3. The second-order valence-electron chi connectivity index (χ2n) is 2.85. The maximum absolute atomic E-state index is 11.0. The van der Waals surface area contributed by atoms with Crippen molar-refractivity contribution in [3.05, 3.63) is 27.3 Å². The first-order valence-corrected chi connectivity index (χ1v) is 5.73. The van der Waals surface area contributed by atoms with Gasteiger partial charge in [-0.3, -0.25) is 0 Å². The van der Waals surface area contributed by atoms with Crippen LogP contribution in [0.1, 0.15) is 12.5 Å². The van der Waals surface area contributed by atoms with Crippen LogP contribution in [0.4, 0.5) is 0 Å². The molecule has 0 aliphatic carbocycles. The number of carbonyl (C=O) groups excluding carboxylic acids is 1. The Kier molecular flexibility index (Phi) is 5.05. The Balaban J connectivity index is 2.62. The maximum atomic E-state index is 11.0. The Morgan fingerprint density at radius 3 is 2.88 bits per heavy atom. The molecule has 0 aliphatic heterocycles. The molecule has 84 valence electrons. The number of rotatable bonds is 4. The highest BCUT2D eigenvalue weighted by Gasteiger charge is 2.06. The quantitative estimate of drug-likeness (QED) is 0.626. The van der Waals surface area contributed by atoms with E-state index in [-0.39, 0.29) is 6.61 Å². The smallest absolute Gasteiger partial charge is 0.344 e. The highest BCUT2D eigenvalue weighted by Crippen LogP contribution is 2.21. The van der Waals surface area contributed by atoms with Crippen molar-refractivity contribution in [2.75, 3.05) is 13.2 Å². The van der Waals surface area contributed by atoms with Crippen molar-refractivity contribution in [3.8, 4) is 11.8 Å². The minimum absolute atomic E-state index is 0.115. The number of esters is 1. The van der Waals surface area contributed by atoms with Gasteiger partial charge in [-0.25, -0.2) is 4.79 Å². The molecular weight excluding hydrogens is 321 g/mol. The van der Waals surface area contributed by atoms with E-state index in [1.807, 2.05) is 28.7 Å². The van der Waals surface area contributed by atoms with Gasteiger partial charge in [-0.1, -0.05) is 0 Å². The van der Waals surface area contributed by atoms with E-state index in [0.29, 0.717) is 17.9 Å². The molecule has 0 fully saturated rings. The highest BCUT2D eigenvalue weighted by molar-refractivity contribution is 14.1. The molecule has 4 nitrogen and oxygen atoms in total. The van der Waals surface area contributed by atoms with Gasteiger partial charge in [-0.05, 0) is 47.7 Å². The van der Waals surface area contributed by atoms with E-state index < -0.39 is 5.97 Å². The zero-order valence-electron chi connectivity index (χ0n) is 8.70. The Morgan fingerprint density at radius 2 is 2.31 bits per heavy atom. The fourth-order valence-corrected chi connectivity index (χ4v) is 1.70. The molecule has 5 heteroatoms. The molecule has 1 aromatic carbocycles. The first-order valence-electron chi connectivity index (χ1n) is 4.65. The van der Waals surface area contributed by atoms with E-state index in [4.69, 9.17) is 14.7 Å². The minimum atomic E-state index is -0.400. The van der Waals surface area contributed by atoms with E-state index >= 15 is 0 Å². The van der Waals surface area contributed by atoms with Gasteiger partial charge < -0.3 is 9.47 Å². The van der Waals surface area contributed by atoms with Crippen LogP contribution in [0.3, 0.4) is 0 Å². The van der Waals surface area contributed by atoms with Crippen LogP contribution in [0.25, 0.3) is 0 Å². The van der Waals surface area contributed by atoms with Gasteiger partial charge in [0, 0.05) is 0 Å². The van der Waals surface area contributed by atoms with Crippen molar-refractivity contribution >= 4 is 28.6 Å². The SMILES string of the molecule is CCOC(=O)COc1ccc(C#N)cc1I. The summed E-state index contributed by atoms with van der Waals surface area (Å²) < 4.78 is 10.8. The molecule has 0 atom stereocenters. The lowest BCUT2D eigenvalue weighted by Crippen LogP contribution is -2.14. The third-order valence-electron chi connectivity index (χ3n) is 1.71. The van der Waals surface area contributed by atoms with Crippen LogP contribution >= 0.6 is 22.6 Å². The largest absolute Gasteiger partial charge is 0.481 e. The first kappa shape index (κ1) is 12.8. The lowest BCUT2D eigenvalue weighted by molar-refractivity contribution is -0.145. The van der Waals surface area contributed by atoms with Gasteiger partial charge in [0.1, 0.15) is 5.75 Å². The molecule has 0 bridgehead atoms. The topological polar surface area (TPSA) is 59.3 Å². The number of hydrogen-bond acceptors (Lipinski definition) is 4. The molecule has 1 aromatic rings. The molecule has 16 heavy (non-hydrogen) atoms. The lowest BCUT2D eigenvalue weighted by atomic mass is 10.2. The van der Waals surface area contributed by atoms with Gasteiger partial charge in [0.25, 0.3) is 0 Å². The van der Waals surface area contributed by atoms with Gasteiger partial charge in [0.05, 0.1) is 21.8 Å². The van der Waals surface area contributed by atoms with Gasteiger partial charge in [-0.15, -0.1) is 0 Å². The summed E-state index contributed by atoms with van der Waals surface area (Å²) in [6.07, 6.45) is 0. The Bertz CT molecular complexity index is 426. The summed E-state index contributed by atoms with van der Waals surface area (Å²) in [6, 6.07) is 7.03. The average molecular weight is 331 g/mol. The van der Waals surface area contributed by atoms with E-state index in [0.717, 1.165) is 3.57 Å². The summed E-state index contributed by atoms with van der Waals surface area (Å²) in [6.45, 7) is 1.96. The number of ether oxygens (including phenoxy) is 2. The van der Waals surface area contributed by atoms with Crippen molar-refractivity contribution < 1.29 is 14.3 Å². The zero-order chi connectivity index (χ0) is 12.0. The summed E-state index contributed by atoms with van der Waals surface area (Å²) in [5.74, 6) is 0.176. The van der Waals surface area contributed by atoms with Crippen LogP contribution in [-0.2, 0) is 9.53 Å². The molecule has 0 aliphatic rings. The van der Waals surface area contributed by atoms with Crippen molar-refractivity contribution in [1.29, 1.82) is 5.26 Å². The third-order valence-corrected chi connectivity index (χ3v) is 2.55. The molecule has 0 saturated carbocycles. The van der Waals surface area contributed by atoms with E-state index in [1.165, 1.54) is 0 Å². The van der Waals surface area contributed by atoms with Gasteiger partial charge in [-0.2, -0.15) is 5.26 Å². The summed E-state index contributed by atoms with van der Waals surface area (Å²) in [5, 5.41) is 8.67. The van der Waals surface area contributed by atoms with Crippen molar-refractivity contribution in [1.82, 2.24) is 0 Å². The lowest BCUT2D eigenvalue weighted by Gasteiger charge is -2.07. The minimum Gasteiger partial charge on any atom is -0.481 e. The predicted molar refractivity (Wildman–Crippen MR) is 66.0 cm³/mol. The third kappa shape index (κ3) is 3.70. The Labute approximate surface area is 107 Å². The zero-order valence-corrected chi connectivity index (χ0v) is 10.9. The second kappa shape index (κ2) is 6.33. The van der Waals surface area contributed by atoms with Crippen LogP contribution < -0.4 is 4.74 Å². The second-order valence-corrected chi connectivity index (χ2v) is 4.01. The first-order chi connectivity index (χ1) is 7.67. The molecule has 0 radical (unpaired) electrons. The number of carbonyl (C=O) groups is 1. The molecule has 1 rings (SSSR count). The van der Waals surface area contributed by atoms with Crippen molar-refractivity contribution in [2.45, 2.75) is 6.92 Å². The summed E-state index contributed by atoms with van der Waals surface area (Å²) in [4.78, 5) is 11.0. The maximum Gasteiger partial charge on any atom is 0.344 e. The predicted octanol–water partition coefficient (Wildman–Crippen LogP) is 2.10. The Hall–Kier alpha value is -1.29. The van der Waals surface area contributed by atoms with E-state index in [1.54, 1.807) is 25.1 Å². The van der Waals surface area contributed by atoms with Gasteiger partial charge in [0.2, 0.25) is 0 Å². The van der Waals surface area contributed by atoms with Crippen LogP contribution in [-0.4, -0.2) is 19.2 Å². The number of benzene rings is 1. The van der Waals surface area contributed by atoms with Gasteiger partial charge in [0.15, 0.2) is 6.61 Å². The molecule has 0 spiro atoms. The van der Waals surface area contributed by atoms with Crippen LogP contribution in [0, 0.1) is 14.9 Å². The number of hydrogen-bond donors (Lipinski definition) is 0. The fraction of sp³-hybridized carbons (Fsp3) is 0.273. The average Bonchev–Trinajstić information content (AvgIpc) is 2.27. The number of nitriles is 1. The van der Waals surface area contributed by atoms with Crippen LogP contribution in [0.5, 0.6) is 5.75 Å². The highest BCUT2D eigenvalue weighted by atomic mass is 127. The van der Waals surface area contributed by atoms with Crippen LogP contribution in [0.15, 0.2) is 18.2 Å². The molecule has 0 unspecified atom stereocenters. The van der Waals surface area contributed by atoms with Crippen molar-refractivity contribution in [2.24, 2.45) is 0 Å². The molecular formula is C11H10INO3.